The summed E-state index contributed by atoms with van der Waals surface area (Å²) in [6, 6.07) is 4.90. The Morgan fingerprint density at radius 1 is 1.29 bits per heavy atom. The highest BCUT2D eigenvalue weighted by molar-refractivity contribution is 6.00. The van der Waals surface area contributed by atoms with Gasteiger partial charge in [0.25, 0.3) is 0 Å². The number of fused-ring (bicyclic) bond motifs is 1. The number of ether oxygens (including phenoxy) is 1. The lowest BCUT2D eigenvalue weighted by Gasteiger charge is -2.33. The largest absolute Gasteiger partial charge is 0.489 e. The number of carboxylic acids is 1. The van der Waals surface area contributed by atoms with Crippen molar-refractivity contribution in [2.24, 2.45) is 5.92 Å². The second-order valence-electron chi connectivity index (χ2n) is 5.28. The third-order valence-corrected chi connectivity index (χ3v) is 3.96. The number of hydrogen-bond donors (Lipinski definition) is 1. The van der Waals surface area contributed by atoms with Gasteiger partial charge in [0.1, 0.15) is 12.2 Å². The molecule has 21 heavy (non-hydrogen) atoms. The smallest absolute Gasteiger partial charge is 0.339 e. The minimum Gasteiger partial charge on any atom is -0.489 e. The molecule has 1 N–H and O–H groups in total. The molecule has 1 unspecified atom stereocenters. The normalized spacial score (nSPS) is 20.6. The standard InChI is InChI=1S/C16H17NO4/c18-15(11-5-2-1-3-6-11)17-9-10-21-14-12(16(19)20)7-4-8-13(14)17/h1-2,4,7-8,11H,3,5-6,9-10H2,(H,19,20). The van der Waals surface area contributed by atoms with Crippen molar-refractivity contribution >= 4 is 17.6 Å². The van der Waals surface area contributed by atoms with Crippen LogP contribution in [-0.4, -0.2) is 30.1 Å². The number of carboxylic acid groups (broad SMARTS) is 1. The van der Waals surface area contributed by atoms with Crippen LogP contribution in [0.15, 0.2) is 30.4 Å². The zero-order chi connectivity index (χ0) is 14.8. The van der Waals surface area contributed by atoms with Gasteiger partial charge in [0.05, 0.1) is 12.2 Å². The molecule has 2 aliphatic rings. The molecular weight excluding hydrogens is 270 g/mol. The summed E-state index contributed by atoms with van der Waals surface area (Å²) < 4.78 is 5.49. The molecule has 1 aliphatic carbocycles. The first-order chi connectivity index (χ1) is 10.2. The van der Waals surface area contributed by atoms with Gasteiger partial charge in [-0.2, -0.15) is 0 Å². The second kappa shape index (κ2) is 5.60. The Hall–Kier alpha value is -2.30. The lowest BCUT2D eigenvalue weighted by Crippen LogP contribution is -2.42. The number of nitrogens with zero attached hydrogens (tertiary/aromatic N) is 1. The van der Waals surface area contributed by atoms with Crippen molar-refractivity contribution in [2.75, 3.05) is 18.1 Å². The highest BCUT2D eigenvalue weighted by atomic mass is 16.5. The van der Waals surface area contributed by atoms with Crippen LogP contribution in [0.3, 0.4) is 0 Å². The molecule has 1 amide bonds. The molecule has 0 fully saturated rings. The fourth-order valence-electron chi connectivity index (χ4n) is 2.88. The van der Waals surface area contributed by atoms with E-state index in [2.05, 4.69) is 6.08 Å². The number of rotatable bonds is 2. The topological polar surface area (TPSA) is 66.8 Å². The van der Waals surface area contributed by atoms with E-state index in [1.165, 1.54) is 6.07 Å². The van der Waals surface area contributed by atoms with Crippen molar-refractivity contribution in [2.45, 2.75) is 19.3 Å². The summed E-state index contributed by atoms with van der Waals surface area (Å²) in [5.74, 6) is -0.696. The van der Waals surface area contributed by atoms with Crippen molar-refractivity contribution in [1.82, 2.24) is 0 Å². The van der Waals surface area contributed by atoms with Crippen LogP contribution in [0, 0.1) is 5.92 Å². The first-order valence-electron chi connectivity index (χ1n) is 7.14. The number of para-hydroxylation sites is 1. The van der Waals surface area contributed by atoms with E-state index in [0.717, 1.165) is 19.3 Å². The predicted molar refractivity (Wildman–Crippen MR) is 77.7 cm³/mol. The van der Waals surface area contributed by atoms with E-state index >= 15 is 0 Å². The van der Waals surface area contributed by atoms with Gasteiger partial charge < -0.3 is 14.7 Å². The Bertz CT molecular complexity index is 608. The number of allylic oxidation sites excluding steroid dienone is 2. The quantitative estimate of drug-likeness (QED) is 0.848. The Morgan fingerprint density at radius 3 is 2.86 bits per heavy atom. The van der Waals surface area contributed by atoms with Crippen LogP contribution in [-0.2, 0) is 4.79 Å². The molecule has 0 saturated carbocycles. The van der Waals surface area contributed by atoms with E-state index in [1.807, 2.05) is 6.08 Å². The molecule has 0 bridgehead atoms. The Kier molecular flexibility index (Phi) is 3.64. The summed E-state index contributed by atoms with van der Waals surface area (Å²) in [4.78, 5) is 25.6. The SMILES string of the molecule is O=C(O)c1cccc2c1OCCN2C(=O)C1CC=CCC1. The molecule has 110 valence electrons. The van der Waals surface area contributed by atoms with Crippen molar-refractivity contribution < 1.29 is 19.4 Å². The fraction of sp³-hybridized carbons (Fsp3) is 0.375. The third kappa shape index (κ3) is 2.51. The van der Waals surface area contributed by atoms with Crippen LogP contribution in [0.2, 0.25) is 0 Å². The van der Waals surface area contributed by atoms with Crippen LogP contribution >= 0.6 is 0 Å². The monoisotopic (exact) mass is 287 g/mol. The number of benzene rings is 1. The van der Waals surface area contributed by atoms with Gasteiger partial charge in [-0.3, -0.25) is 4.79 Å². The molecular formula is C16H17NO4. The van der Waals surface area contributed by atoms with Crippen LogP contribution < -0.4 is 9.64 Å². The highest BCUT2D eigenvalue weighted by Crippen LogP contribution is 2.36. The zero-order valence-electron chi connectivity index (χ0n) is 11.6. The van der Waals surface area contributed by atoms with Crippen molar-refractivity contribution in [3.05, 3.63) is 35.9 Å². The van der Waals surface area contributed by atoms with Gasteiger partial charge in [-0.25, -0.2) is 4.79 Å². The number of hydrogen-bond acceptors (Lipinski definition) is 3. The average molecular weight is 287 g/mol. The Labute approximate surface area is 122 Å². The number of aromatic carboxylic acids is 1. The Morgan fingerprint density at radius 2 is 2.14 bits per heavy atom. The summed E-state index contributed by atoms with van der Waals surface area (Å²) in [6.45, 7) is 0.792. The third-order valence-electron chi connectivity index (χ3n) is 3.96. The minimum absolute atomic E-state index is 0.0190. The molecule has 5 nitrogen and oxygen atoms in total. The summed E-state index contributed by atoms with van der Waals surface area (Å²) in [5, 5.41) is 9.22. The summed E-state index contributed by atoms with van der Waals surface area (Å²) >= 11 is 0. The van der Waals surface area contributed by atoms with Crippen LogP contribution in [0.4, 0.5) is 5.69 Å². The molecule has 1 atom stereocenters. The summed E-state index contributed by atoms with van der Waals surface area (Å²) in [7, 11) is 0. The molecule has 3 rings (SSSR count). The van der Waals surface area contributed by atoms with Crippen molar-refractivity contribution in [3.8, 4) is 5.75 Å². The second-order valence-corrected chi connectivity index (χ2v) is 5.28. The average Bonchev–Trinajstić information content (AvgIpc) is 2.53. The lowest BCUT2D eigenvalue weighted by molar-refractivity contribution is -0.122. The Balaban J connectivity index is 1.93. The maximum absolute atomic E-state index is 12.7. The molecule has 1 aromatic rings. The zero-order valence-corrected chi connectivity index (χ0v) is 11.6. The van der Waals surface area contributed by atoms with Gasteiger partial charge in [-0.05, 0) is 31.4 Å². The van der Waals surface area contributed by atoms with Crippen LogP contribution in [0.25, 0.3) is 0 Å². The summed E-state index contributed by atoms with van der Waals surface area (Å²) in [6.07, 6.45) is 6.66. The van der Waals surface area contributed by atoms with E-state index in [-0.39, 0.29) is 17.4 Å². The van der Waals surface area contributed by atoms with Crippen LogP contribution in [0.1, 0.15) is 29.6 Å². The lowest BCUT2D eigenvalue weighted by atomic mass is 9.92. The van der Waals surface area contributed by atoms with Crippen molar-refractivity contribution in [3.63, 3.8) is 0 Å². The maximum atomic E-state index is 12.7. The molecule has 0 aromatic heterocycles. The molecule has 0 spiro atoms. The number of carbonyl (C=O) groups excluding carboxylic acids is 1. The van der Waals surface area contributed by atoms with E-state index < -0.39 is 5.97 Å². The summed E-state index contributed by atoms with van der Waals surface area (Å²) in [5.41, 5.74) is 0.675. The minimum atomic E-state index is -1.04. The van der Waals surface area contributed by atoms with Gasteiger partial charge in [-0.1, -0.05) is 18.2 Å². The molecule has 1 aromatic carbocycles. The maximum Gasteiger partial charge on any atom is 0.339 e. The van der Waals surface area contributed by atoms with Gasteiger partial charge >= 0.3 is 5.97 Å². The fourth-order valence-corrected chi connectivity index (χ4v) is 2.88. The number of carbonyl (C=O) groups is 2. The van der Waals surface area contributed by atoms with Crippen LogP contribution in [0.5, 0.6) is 5.75 Å². The van der Waals surface area contributed by atoms with E-state index in [9.17, 15) is 14.7 Å². The van der Waals surface area contributed by atoms with Crippen molar-refractivity contribution in [1.29, 1.82) is 0 Å². The number of anilines is 1. The number of amides is 1. The molecule has 0 radical (unpaired) electrons. The van der Waals surface area contributed by atoms with E-state index in [0.29, 0.717) is 24.6 Å². The van der Waals surface area contributed by atoms with Gasteiger partial charge in [-0.15, -0.1) is 0 Å². The first kappa shape index (κ1) is 13.7. The predicted octanol–water partition coefficient (Wildman–Crippen LogP) is 2.47. The molecule has 1 heterocycles. The molecule has 5 heteroatoms. The van der Waals surface area contributed by atoms with Gasteiger partial charge in [0, 0.05) is 5.92 Å². The molecule has 1 aliphatic heterocycles. The molecule has 0 saturated heterocycles. The van der Waals surface area contributed by atoms with E-state index in [1.54, 1.807) is 17.0 Å². The van der Waals surface area contributed by atoms with Gasteiger partial charge in [0.15, 0.2) is 5.75 Å². The highest BCUT2D eigenvalue weighted by Gasteiger charge is 2.31. The van der Waals surface area contributed by atoms with Gasteiger partial charge in [0.2, 0.25) is 5.91 Å². The van der Waals surface area contributed by atoms with E-state index in [4.69, 9.17) is 4.74 Å². The first-order valence-corrected chi connectivity index (χ1v) is 7.14.